The van der Waals surface area contributed by atoms with Crippen LogP contribution in [0, 0.1) is 18.3 Å². The molecule has 1 rings (SSSR count). The second kappa shape index (κ2) is 8.63. The lowest BCUT2D eigenvalue weighted by molar-refractivity contribution is 0.253. The summed E-state index contributed by atoms with van der Waals surface area (Å²) in [4.78, 5) is 0. The zero-order chi connectivity index (χ0) is 15.0. The number of nitrogens with zero attached hydrogens (tertiary/aromatic N) is 2. The van der Waals surface area contributed by atoms with Gasteiger partial charge in [-0.3, -0.25) is 0 Å². The van der Waals surface area contributed by atoms with Crippen molar-refractivity contribution in [3.63, 3.8) is 0 Å². The minimum atomic E-state index is -3.38. The second-order valence-corrected chi connectivity index (χ2v) is 7.11. The predicted molar refractivity (Wildman–Crippen MR) is 82.5 cm³/mol. The summed E-state index contributed by atoms with van der Waals surface area (Å²) in [5, 5.41) is 3.41. The zero-order valence-corrected chi connectivity index (χ0v) is 13.5. The molecule has 0 aromatic carbocycles. The summed E-state index contributed by atoms with van der Waals surface area (Å²) >= 11 is 0. The van der Waals surface area contributed by atoms with Crippen LogP contribution in [0.15, 0.2) is 0 Å². The fraction of sp³-hybridized carbons (Fsp3) is 0.857. The molecule has 1 aliphatic rings. The Morgan fingerprint density at radius 1 is 1.35 bits per heavy atom. The van der Waals surface area contributed by atoms with Gasteiger partial charge in [-0.05, 0) is 38.3 Å². The third-order valence-electron chi connectivity index (χ3n) is 3.71. The molecule has 0 aliphatic carbocycles. The Morgan fingerprint density at radius 2 is 2.00 bits per heavy atom. The highest BCUT2D eigenvalue weighted by Gasteiger charge is 2.31. The molecule has 0 radical (unpaired) electrons. The van der Waals surface area contributed by atoms with Gasteiger partial charge in [-0.15, -0.1) is 6.42 Å². The summed E-state index contributed by atoms with van der Waals surface area (Å²) in [5.41, 5.74) is 0. The maximum Gasteiger partial charge on any atom is 0.282 e. The number of piperidine rings is 1. The second-order valence-electron chi connectivity index (χ2n) is 5.18. The largest absolute Gasteiger partial charge is 0.316 e. The molecule has 1 N–H and O–H groups in total. The van der Waals surface area contributed by atoms with Crippen LogP contribution in [0.4, 0.5) is 0 Å². The summed E-state index contributed by atoms with van der Waals surface area (Å²) in [6.07, 6.45) is 8.21. The topological polar surface area (TPSA) is 52.7 Å². The standard InChI is InChI=1S/C14H27N3O2S/c1-4-9-15-13-14-7-11-17(12-8-14)20(18,19)16(6-3)10-5-2/h2,14-15H,4,6-13H2,1,3H3. The molecular weight excluding hydrogens is 274 g/mol. The molecular formula is C14H27N3O2S. The quantitative estimate of drug-likeness (QED) is 0.535. The van der Waals surface area contributed by atoms with Crippen molar-refractivity contribution in [1.29, 1.82) is 0 Å². The van der Waals surface area contributed by atoms with E-state index in [0.717, 1.165) is 32.4 Å². The third-order valence-corrected chi connectivity index (χ3v) is 5.76. The Labute approximate surface area is 123 Å². The molecule has 6 heteroatoms. The molecule has 0 spiro atoms. The van der Waals surface area contributed by atoms with E-state index in [1.807, 2.05) is 6.92 Å². The van der Waals surface area contributed by atoms with Crippen molar-refractivity contribution in [2.24, 2.45) is 5.92 Å². The van der Waals surface area contributed by atoms with Crippen molar-refractivity contribution in [3.8, 4) is 12.3 Å². The van der Waals surface area contributed by atoms with Crippen LogP contribution in [0.5, 0.6) is 0 Å². The number of hydrogen-bond donors (Lipinski definition) is 1. The molecule has 1 heterocycles. The van der Waals surface area contributed by atoms with Gasteiger partial charge in [0.2, 0.25) is 0 Å². The highest BCUT2D eigenvalue weighted by molar-refractivity contribution is 7.86. The number of nitrogens with one attached hydrogen (secondary N) is 1. The Bertz CT molecular complexity index is 409. The van der Waals surface area contributed by atoms with Crippen LogP contribution in [0.1, 0.15) is 33.1 Å². The third kappa shape index (κ3) is 4.74. The monoisotopic (exact) mass is 301 g/mol. The lowest BCUT2D eigenvalue weighted by Gasteiger charge is -2.34. The number of hydrogen-bond acceptors (Lipinski definition) is 3. The van der Waals surface area contributed by atoms with E-state index in [4.69, 9.17) is 6.42 Å². The van der Waals surface area contributed by atoms with Gasteiger partial charge >= 0.3 is 0 Å². The summed E-state index contributed by atoms with van der Waals surface area (Å²) in [6.45, 7) is 7.75. The van der Waals surface area contributed by atoms with Gasteiger partial charge in [0.1, 0.15) is 0 Å². The molecule has 1 saturated heterocycles. The van der Waals surface area contributed by atoms with Gasteiger partial charge < -0.3 is 5.32 Å². The molecule has 5 nitrogen and oxygen atoms in total. The van der Waals surface area contributed by atoms with Gasteiger partial charge in [0.15, 0.2) is 0 Å². The summed E-state index contributed by atoms with van der Waals surface area (Å²) in [7, 11) is -3.38. The SMILES string of the molecule is C#CCN(CC)S(=O)(=O)N1CCC(CNCCC)CC1. The Balaban J connectivity index is 2.49. The van der Waals surface area contributed by atoms with E-state index < -0.39 is 10.2 Å². The number of rotatable bonds is 8. The first kappa shape index (κ1) is 17.4. The Kier molecular flexibility index (Phi) is 7.52. The summed E-state index contributed by atoms with van der Waals surface area (Å²) < 4.78 is 27.8. The van der Waals surface area contributed by atoms with E-state index in [9.17, 15) is 8.42 Å². The zero-order valence-electron chi connectivity index (χ0n) is 12.6. The highest BCUT2D eigenvalue weighted by Crippen LogP contribution is 2.20. The molecule has 0 atom stereocenters. The van der Waals surface area contributed by atoms with E-state index in [1.165, 1.54) is 4.31 Å². The molecule has 0 aromatic rings. The van der Waals surface area contributed by atoms with Crippen molar-refractivity contribution < 1.29 is 8.42 Å². The van der Waals surface area contributed by atoms with Crippen molar-refractivity contribution in [1.82, 2.24) is 13.9 Å². The Morgan fingerprint density at radius 3 is 2.50 bits per heavy atom. The summed E-state index contributed by atoms with van der Waals surface area (Å²) in [5.74, 6) is 3.00. The van der Waals surface area contributed by atoms with Crippen LogP contribution in [0.25, 0.3) is 0 Å². The van der Waals surface area contributed by atoms with Crippen LogP contribution in [0.2, 0.25) is 0 Å². The fourth-order valence-electron chi connectivity index (χ4n) is 2.45. The van der Waals surface area contributed by atoms with E-state index in [0.29, 0.717) is 25.6 Å². The lowest BCUT2D eigenvalue weighted by atomic mass is 9.98. The maximum absolute atomic E-state index is 12.4. The molecule has 1 aliphatic heterocycles. The molecule has 0 amide bonds. The Hall–Kier alpha value is -0.610. The van der Waals surface area contributed by atoms with Gasteiger partial charge in [-0.25, -0.2) is 0 Å². The van der Waals surface area contributed by atoms with E-state index >= 15 is 0 Å². The first-order chi connectivity index (χ1) is 9.56. The molecule has 1 fully saturated rings. The van der Waals surface area contributed by atoms with Crippen LogP contribution in [-0.2, 0) is 10.2 Å². The van der Waals surface area contributed by atoms with Crippen LogP contribution in [-0.4, -0.2) is 56.3 Å². The van der Waals surface area contributed by atoms with Crippen molar-refractivity contribution in [2.45, 2.75) is 33.1 Å². The molecule has 0 saturated carbocycles. The maximum atomic E-state index is 12.4. The van der Waals surface area contributed by atoms with E-state index in [-0.39, 0.29) is 6.54 Å². The number of terminal acetylenes is 1. The average Bonchev–Trinajstić information content (AvgIpc) is 2.45. The van der Waals surface area contributed by atoms with Gasteiger partial charge in [0.25, 0.3) is 10.2 Å². The predicted octanol–water partition coefficient (Wildman–Crippen LogP) is 0.898. The van der Waals surface area contributed by atoms with Gasteiger partial charge in [-0.2, -0.15) is 17.0 Å². The minimum Gasteiger partial charge on any atom is -0.316 e. The van der Waals surface area contributed by atoms with Gasteiger partial charge in [0, 0.05) is 19.6 Å². The molecule has 20 heavy (non-hydrogen) atoms. The van der Waals surface area contributed by atoms with Crippen molar-refractivity contribution >= 4 is 10.2 Å². The molecule has 116 valence electrons. The lowest BCUT2D eigenvalue weighted by Crippen LogP contribution is -2.48. The molecule has 0 unspecified atom stereocenters. The van der Waals surface area contributed by atoms with Crippen LogP contribution in [0.3, 0.4) is 0 Å². The fourth-order valence-corrected chi connectivity index (χ4v) is 4.01. The van der Waals surface area contributed by atoms with Crippen LogP contribution >= 0.6 is 0 Å². The van der Waals surface area contributed by atoms with E-state index in [2.05, 4.69) is 18.2 Å². The minimum absolute atomic E-state index is 0.150. The van der Waals surface area contributed by atoms with Crippen LogP contribution < -0.4 is 5.32 Å². The smallest absolute Gasteiger partial charge is 0.282 e. The first-order valence-corrected chi connectivity index (χ1v) is 8.85. The normalized spacial score (nSPS) is 18.3. The van der Waals surface area contributed by atoms with E-state index in [1.54, 1.807) is 4.31 Å². The van der Waals surface area contributed by atoms with Crippen molar-refractivity contribution in [2.75, 3.05) is 39.3 Å². The highest BCUT2D eigenvalue weighted by atomic mass is 32.2. The molecule has 0 bridgehead atoms. The van der Waals surface area contributed by atoms with Gasteiger partial charge in [0.05, 0.1) is 6.54 Å². The average molecular weight is 301 g/mol. The summed E-state index contributed by atoms with van der Waals surface area (Å²) in [6, 6.07) is 0. The van der Waals surface area contributed by atoms with Crippen molar-refractivity contribution in [3.05, 3.63) is 0 Å². The van der Waals surface area contributed by atoms with Gasteiger partial charge in [-0.1, -0.05) is 19.8 Å². The molecule has 0 aromatic heterocycles. The first-order valence-electron chi connectivity index (χ1n) is 7.45.